The number of amides is 2. The van der Waals surface area contributed by atoms with Gasteiger partial charge in [-0.2, -0.15) is 0 Å². The molecule has 1 heterocycles. The molecule has 2 fully saturated rings. The number of hydrogen-bond acceptors (Lipinski definition) is 6. The van der Waals surface area contributed by atoms with Crippen LogP contribution >= 0.6 is 0 Å². The molecule has 0 aromatic rings. The quantitative estimate of drug-likeness (QED) is 0.677. The third-order valence-electron chi connectivity index (χ3n) is 4.58. The summed E-state index contributed by atoms with van der Waals surface area (Å²) in [6, 6.07) is -0.281. The van der Waals surface area contributed by atoms with Crippen LogP contribution < -0.4 is 10.6 Å². The van der Waals surface area contributed by atoms with Crippen LogP contribution in [0.1, 0.15) is 46.5 Å². The van der Waals surface area contributed by atoms with Crippen LogP contribution in [0.3, 0.4) is 0 Å². The Hall–Kier alpha value is -1.88. The van der Waals surface area contributed by atoms with Crippen LogP contribution in [0.4, 0.5) is 18.0 Å². The summed E-state index contributed by atoms with van der Waals surface area (Å²) in [5.74, 6) is -1.34. The average molecular weight is 424 g/mol. The second-order valence-corrected chi connectivity index (χ2v) is 8.28. The zero-order valence-electron chi connectivity index (χ0n) is 16.6. The van der Waals surface area contributed by atoms with E-state index in [-0.39, 0.29) is 37.8 Å². The molecular formula is C18H27F3N2O6. The Morgan fingerprint density at radius 2 is 1.76 bits per heavy atom. The molecule has 2 N–H and O–H groups in total. The summed E-state index contributed by atoms with van der Waals surface area (Å²) in [6.45, 7) is 5.11. The number of nitrogens with one attached hydrogen (secondary N) is 2. The summed E-state index contributed by atoms with van der Waals surface area (Å²) in [5, 5.41) is 5.13. The Labute approximate surface area is 166 Å². The molecular weight excluding hydrogens is 397 g/mol. The Balaban J connectivity index is 1.62. The van der Waals surface area contributed by atoms with Gasteiger partial charge in [0.05, 0.1) is 25.3 Å². The Morgan fingerprint density at radius 3 is 2.28 bits per heavy atom. The van der Waals surface area contributed by atoms with Gasteiger partial charge in [-0.3, -0.25) is 14.3 Å². The van der Waals surface area contributed by atoms with Crippen LogP contribution in [-0.2, 0) is 23.8 Å². The minimum absolute atomic E-state index is 0.00778. The lowest BCUT2D eigenvalue weighted by Gasteiger charge is -2.34. The predicted molar refractivity (Wildman–Crippen MR) is 93.8 cm³/mol. The number of alkyl carbamates (subject to hydrolysis) is 1. The standard InChI is InChI=1S/C18H27F3N2O6/c1-17(2,3)29-16(26)23-11-4-5-14(27-9-11)15(25)22-8-13(24)10-6-12(7-10)28-18(19,20)21/h10-12,14H,4-9H2,1-3H3,(H,22,25)(H,23,26)/t10-,11-,12+,14+/m1/s1. The molecule has 2 amide bonds. The van der Waals surface area contributed by atoms with E-state index in [2.05, 4.69) is 15.4 Å². The molecule has 1 saturated heterocycles. The normalized spacial score (nSPS) is 27.5. The van der Waals surface area contributed by atoms with Crippen molar-refractivity contribution >= 4 is 17.8 Å². The predicted octanol–water partition coefficient (Wildman–Crippen LogP) is 2.06. The first-order valence-electron chi connectivity index (χ1n) is 9.48. The summed E-state index contributed by atoms with van der Waals surface area (Å²) in [7, 11) is 0. The molecule has 8 nitrogen and oxygen atoms in total. The summed E-state index contributed by atoms with van der Waals surface area (Å²) in [4.78, 5) is 35.8. The molecule has 11 heteroatoms. The number of Topliss-reactive ketones (excluding diaryl/α,β-unsaturated/α-hetero) is 1. The first-order valence-corrected chi connectivity index (χ1v) is 9.48. The summed E-state index contributed by atoms with van der Waals surface area (Å²) >= 11 is 0. The molecule has 0 aromatic heterocycles. The number of alkyl halides is 3. The van der Waals surface area contributed by atoms with E-state index < -0.39 is 42.1 Å². The van der Waals surface area contributed by atoms with Gasteiger partial charge >= 0.3 is 12.5 Å². The summed E-state index contributed by atoms with van der Waals surface area (Å²) in [6.07, 6.45) is -6.18. The smallest absolute Gasteiger partial charge is 0.444 e. The van der Waals surface area contributed by atoms with Gasteiger partial charge in [0.15, 0.2) is 5.78 Å². The van der Waals surface area contributed by atoms with Crippen molar-refractivity contribution in [1.29, 1.82) is 0 Å². The molecule has 2 atom stereocenters. The zero-order chi connectivity index (χ0) is 21.8. The number of ketones is 1. The van der Waals surface area contributed by atoms with Crippen LogP contribution in [0.25, 0.3) is 0 Å². The Morgan fingerprint density at radius 1 is 1.10 bits per heavy atom. The lowest BCUT2D eigenvalue weighted by atomic mass is 9.79. The number of ether oxygens (including phenoxy) is 3. The summed E-state index contributed by atoms with van der Waals surface area (Å²) < 4.78 is 50.7. The highest BCUT2D eigenvalue weighted by Crippen LogP contribution is 2.35. The molecule has 0 bridgehead atoms. The number of rotatable bonds is 6. The zero-order valence-corrected chi connectivity index (χ0v) is 16.6. The van der Waals surface area contributed by atoms with Crippen LogP contribution in [0.2, 0.25) is 0 Å². The van der Waals surface area contributed by atoms with E-state index in [4.69, 9.17) is 9.47 Å². The topological polar surface area (TPSA) is 103 Å². The molecule has 2 rings (SSSR count). The highest BCUT2D eigenvalue weighted by atomic mass is 19.4. The van der Waals surface area contributed by atoms with Gasteiger partial charge in [0.1, 0.15) is 11.7 Å². The summed E-state index contributed by atoms with van der Waals surface area (Å²) in [5.41, 5.74) is -0.617. The Kier molecular flexibility index (Phi) is 7.50. The lowest BCUT2D eigenvalue weighted by Crippen LogP contribution is -2.49. The fraction of sp³-hybridized carbons (Fsp3) is 0.833. The van der Waals surface area contributed by atoms with E-state index in [0.29, 0.717) is 12.8 Å². The van der Waals surface area contributed by atoms with Crippen molar-refractivity contribution < 1.29 is 41.8 Å². The molecule has 166 valence electrons. The van der Waals surface area contributed by atoms with Gasteiger partial charge in [-0.25, -0.2) is 4.79 Å². The fourth-order valence-electron chi connectivity index (χ4n) is 3.09. The maximum atomic E-state index is 12.1. The van der Waals surface area contributed by atoms with Gasteiger partial charge in [-0.05, 0) is 46.5 Å². The van der Waals surface area contributed by atoms with Crippen LogP contribution in [0.15, 0.2) is 0 Å². The first-order chi connectivity index (χ1) is 13.3. The van der Waals surface area contributed by atoms with Crippen molar-refractivity contribution in [2.45, 2.75) is 76.7 Å². The van der Waals surface area contributed by atoms with E-state index in [1.807, 2.05) is 0 Å². The number of halogens is 3. The highest BCUT2D eigenvalue weighted by molar-refractivity contribution is 5.89. The van der Waals surface area contributed by atoms with Crippen molar-refractivity contribution in [2.24, 2.45) is 5.92 Å². The molecule has 0 aromatic carbocycles. The second-order valence-electron chi connectivity index (χ2n) is 8.28. The average Bonchev–Trinajstić information content (AvgIpc) is 2.53. The van der Waals surface area contributed by atoms with E-state index in [1.54, 1.807) is 20.8 Å². The van der Waals surface area contributed by atoms with Crippen molar-refractivity contribution in [3.63, 3.8) is 0 Å². The number of carbonyl (C=O) groups is 3. The molecule has 1 aliphatic heterocycles. The van der Waals surface area contributed by atoms with Crippen molar-refractivity contribution in [2.75, 3.05) is 13.2 Å². The van der Waals surface area contributed by atoms with E-state index in [0.717, 1.165) is 0 Å². The molecule has 29 heavy (non-hydrogen) atoms. The molecule has 1 aliphatic carbocycles. The van der Waals surface area contributed by atoms with Gasteiger partial charge in [0, 0.05) is 5.92 Å². The fourth-order valence-corrected chi connectivity index (χ4v) is 3.09. The maximum Gasteiger partial charge on any atom is 0.522 e. The largest absolute Gasteiger partial charge is 0.522 e. The molecule has 0 unspecified atom stereocenters. The minimum atomic E-state index is -4.71. The van der Waals surface area contributed by atoms with E-state index in [1.165, 1.54) is 0 Å². The molecule has 0 radical (unpaired) electrons. The minimum Gasteiger partial charge on any atom is -0.444 e. The SMILES string of the molecule is CC(C)(C)OC(=O)N[C@@H]1CC[C@@H](C(=O)NCC(=O)[C@H]2C[C@@H](OC(F)(F)F)C2)OC1. The van der Waals surface area contributed by atoms with Crippen LogP contribution in [0.5, 0.6) is 0 Å². The van der Waals surface area contributed by atoms with Gasteiger partial charge in [-0.15, -0.1) is 13.2 Å². The lowest BCUT2D eigenvalue weighted by molar-refractivity contribution is -0.353. The van der Waals surface area contributed by atoms with Crippen LogP contribution in [-0.4, -0.2) is 61.1 Å². The molecule has 2 aliphatic rings. The molecule has 1 saturated carbocycles. The first kappa shape index (κ1) is 23.4. The third-order valence-corrected chi connectivity index (χ3v) is 4.58. The van der Waals surface area contributed by atoms with Gasteiger partial charge in [-0.1, -0.05) is 0 Å². The van der Waals surface area contributed by atoms with Crippen molar-refractivity contribution in [3.05, 3.63) is 0 Å². The number of hydrogen-bond donors (Lipinski definition) is 2. The van der Waals surface area contributed by atoms with E-state index >= 15 is 0 Å². The number of carbonyl (C=O) groups excluding carboxylic acids is 3. The van der Waals surface area contributed by atoms with Gasteiger partial charge < -0.3 is 20.1 Å². The van der Waals surface area contributed by atoms with Crippen molar-refractivity contribution in [3.8, 4) is 0 Å². The van der Waals surface area contributed by atoms with Crippen LogP contribution in [0, 0.1) is 5.92 Å². The highest BCUT2D eigenvalue weighted by Gasteiger charge is 2.42. The molecule has 0 spiro atoms. The Bertz CT molecular complexity index is 606. The maximum absolute atomic E-state index is 12.1. The monoisotopic (exact) mass is 424 g/mol. The second kappa shape index (κ2) is 9.29. The van der Waals surface area contributed by atoms with Gasteiger partial charge in [0.2, 0.25) is 5.91 Å². The van der Waals surface area contributed by atoms with Gasteiger partial charge in [0.25, 0.3) is 0 Å². The third kappa shape index (κ3) is 8.17. The van der Waals surface area contributed by atoms with E-state index in [9.17, 15) is 27.6 Å². The van der Waals surface area contributed by atoms with Crippen molar-refractivity contribution in [1.82, 2.24) is 10.6 Å².